The van der Waals surface area contributed by atoms with Gasteiger partial charge in [0, 0.05) is 23.9 Å². The van der Waals surface area contributed by atoms with E-state index in [1.165, 1.54) is 0 Å². The number of amides is 2. The average Bonchev–Trinajstić information content (AvgIpc) is 2.16. The molecule has 0 aromatic rings. The van der Waals surface area contributed by atoms with Crippen LogP contribution >= 0.6 is 0 Å². The summed E-state index contributed by atoms with van der Waals surface area (Å²) in [5.41, 5.74) is 0. The van der Waals surface area contributed by atoms with Gasteiger partial charge in [-0.05, 0) is 12.2 Å². The van der Waals surface area contributed by atoms with E-state index in [1.807, 2.05) is 12.2 Å². The van der Waals surface area contributed by atoms with Crippen molar-refractivity contribution in [3.8, 4) is 0 Å². The first-order valence-corrected chi connectivity index (χ1v) is 4.73. The predicted octanol–water partition coefficient (Wildman–Crippen LogP) is -0.658. The lowest BCUT2D eigenvalue weighted by atomic mass is 9.63. The second-order valence-electron chi connectivity index (χ2n) is 3.94. The van der Waals surface area contributed by atoms with E-state index >= 15 is 0 Å². The quantitative estimate of drug-likeness (QED) is 0.533. The van der Waals surface area contributed by atoms with Gasteiger partial charge in [-0.25, -0.2) is 0 Å². The molecule has 0 atom stereocenters. The highest BCUT2D eigenvalue weighted by molar-refractivity contribution is 5.91. The molecular weight excluding hydrogens is 180 g/mol. The van der Waals surface area contributed by atoms with E-state index in [2.05, 4.69) is 10.6 Å². The molecule has 1 aliphatic carbocycles. The number of rotatable bonds is 0. The highest BCUT2D eigenvalue weighted by Crippen LogP contribution is 2.39. The largest absolute Gasteiger partial charge is 0.348 e. The Kier molecular flexibility index (Phi) is 1.37. The zero-order chi connectivity index (χ0) is 9.71. The van der Waals surface area contributed by atoms with Crippen LogP contribution in [-0.4, -0.2) is 23.9 Å². The van der Waals surface area contributed by atoms with Crippen LogP contribution in [0.1, 0.15) is 0 Å². The number of carbonyl (C=O) groups is 2. The minimum atomic E-state index is -0.0324. The maximum absolute atomic E-state index is 11.1. The molecular formula is C10H10N2O2. The Hall–Kier alpha value is -1.58. The molecule has 14 heavy (non-hydrogen) atoms. The summed E-state index contributed by atoms with van der Waals surface area (Å²) in [4.78, 5) is 22.2. The van der Waals surface area contributed by atoms with Crippen LogP contribution in [0.3, 0.4) is 0 Å². The lowest BCUT2D eigenvalue weighted by molar-refractivity contribution is -0.122. The monoisotopic (exact) mass is 190 g/mol. The lowest BCUT2D eigenvalue weighted by Crippen LogP contribution is -2.69. The van der Waals surface area contributed by atoms with E-state index in [4.69, 9.17) is 0 Å². The van der Waals surface area contributed by atoms with Gasteiger partial charge in [-0.15, -0.1) is 0 Å². The van der Waals surface area contributed by atoms with Crippen LogP contribution in [-0.2, 0) is 9.59 Å². The zero-order valence-corrected chi connectivity index (χ0v) is 7.44. The standard InChI is InChI=1S/C10H10N2O2/c13-7-3-1-5-9(11-7)6-2-4-8(14)12-10(5)6/h1-6,9-10H,(H,11,13)(H,12,14). The fraction of sp³-hybridized carbons (Fsp3) is 0.400. The van der Waals surface area contributed by atoms with Gasteiger partial charge < -0.3 is 10.6 Å². The summed E-state index contributed by atoms with van der Waals surface area (Å²) in [5, 5.41) is 5.80. The fourth-order valence-corrected chi connectivity index (χ4v) is 2.50. The van der Waals surface area contributed by atoms with Gasteiger partial charge in [0.15, 0.2) is 0 Å². The minimum absolute atomic E-state index is 0.0324. The van der Waals surface area contributed by atoms with E-state index in [0.29, 0.717) is 0 Å². The van der Waals surface area contributed by atoms with Crippen LogP contribution in [0.25, 0.3) is 0 Å². The van der Waals surface area contributed by atoms with Crippen molar-refractivity contribution in [2.24, 2.45) is 11.8 Å². The Morgan fingerprint density at radius 3 is 1.71 bits per heavy atom. The topological polar surface area (TPSA) is 58.2 Å². The average molecular weight is 190 g/mol. The molecule has 2 N–H and O–H groups in total. The van der Waals surface area contributed by atoms with Gasteiger partial charge in [0.25, 0.3) is 0 Å². The first-order chi connectivity index (χ1) is 6.75. The summed E-state index contributed by atoms with van der Waals surface area (Å²) in [7, 11) is 0. The maximum Gasteiger partial charge on any atom is 0.243 e. The summed E-state index contributed by atoms with van der Waals surface area (Å²) in [6.45, 7) is 0. The molecule has 0 aromatic carbocycles. The van der Waals surface area contributed by atoms with Crippen molar-refractivity contribution in [2.45, 2.75) is 12.1 Å². The van der Waals surface area contributed by atoms with Crippen LogP contribution in [0.5, 0.6) is 0 Å². The summed E-state index contributed by atoms with van der Waals surface area (Å²) in [6.07, 6.45) is 6.87. The number of carbonyl (C=O) groups excluding carboxylic acids is 2. The van der Waals surface area contributed by atoms with E-state index < -0.39 is 0 Å². The second kappa shape index (κ2) is 2.47. The number of fused-ring (bicyclic) bond motifs is 4. The van der Waals surface area contributed by atoms with Crippen molar-refractivity contribution in [1.29, 1.82) is 0 Å². The third-order valence-corrected chi connectivity index (χ3v) is 3.22. The van der Waals surface area contributed by atoms with Crippen LogP contribution < -0.4 is 10.6 Å². The summed E-state index contributed by atoms with van der Waals surface area (Å²) in [5.74, 6) is 0.475. The zero-order valence-electron chi connectivity index (χ0n) is 7.44. The molecule has 0 spiro atoms. The molecule has 0 bridgehead atoms. The molecule has 1 saturated carbocycles. The normalized spacial score (nSPS) is 43.1. The molecule has 4 nitrogen and oxygen atoms in total. The van der Waals surface area contributed by atoms with Crippen molar-refractivity contribution in [1.82, 2.24) is 10.6 Å². The van der Waals surface area contributed by atoms with E-state index in [0.717, 1.165) is 0 Å². The fourth-order valence-electron chi connectivity index (χ4n) is 2.50. The van der Waals surface area contributed by atoms with Gasteiger partial charge in [0.1, 0.15) is 0 Å². The molecule has 2 heterocycles. The van der Waals surface area contributed by atoms with Crippen LogP contribution in [0, 0.1) is 11.8 Å². The van der Waals surface area contributed by atoms with Crippen molar-refractivity contribution < 1.29 is 9.59 Å². The van der Waals surface area contributed by atoms with Crippen LogP contribution in [0.2, 0.25) is 0 Å². The molecule has 1 fully saturated rings. The summed E-state index contributed by atoms with van der Waals surface area (Å²) >= 11 is 0. The Morgan fingerprint density at radius 2 is 1.29 bits per heavy atom. The van der Waals surface area contributed by atoms with E-state index in [9.17, 15) is 9.59 Å². The van der Waals surface area contributed by atoms with Crippen molar-refractivity contribution >= 4 is 11.8 Å². The van der Waals surface area contributed by atoms with Crippen LogP contribution in [0.4, 0.5) is 0 Å². The Balaban J connectivity index is 1.89. The van der Waals surface area contributed by atoms with E-state index in [1.54, 1.807) is 12.2 Å². The number of hydrogen-bond donors (Lipinski definition) is 2. The molecule has 72 valence electrons. The molecule has 0 saturated heterocycles. The Bertz CT molecular complexity index is 328. The van der Waals surface area contributed by atoms with E-state index in [-0.39, 0.29) is 35.7 Å². The van der Waals surface area contributed by atoms with Gasteiger partial charge >= 0.3 is 0 Å². The van der Waals surface area contributed by atoms with Crippen LogP contribution in [0.15, 0.2) is 24.3 Å². The molecule has 4 heteroatoms. The Morgan fingerprint density at radius 1 is 0.857 bits per heavy atom. The second-order valence-corrected chi connectivity index (χ2v) is 3.94. The van der Waals surface area contributed by atoms with Crippen molar-refractivity contribution in [2.75, 3.05) is 0 Å². The molecule has 0 radical (unpaired) electrons. The minimum Gasteiger partial charge on any atom is -0.348 e. The van der Waals surface area contributed by atoms with Crippen molar-refractivity contribution in [3.63, 3.8) is 0 Å². The number of hydrogen-bond acceptors (Lipinski definition) is 2. The SMILES string of the molecule is O=C1C=CC2C(N1)C1C=CC(=O)NC21. The van der Waals surface area contributed by atoms with Gasteiger partial charge in [-0.2, -0.15) is 0 Å². The maximum atomic E-state index is 11.1. The third-order valence-electron chi connectivity index (χ3n) is 3.22. The van der Waals surface area contributed by atoms with Gasteiger partial charge in [-0.1, -0.05) is 12.2 Å². The molecule has 0 unspecified atom stereocenters. The van der Waals surface area contributed by atoms with Gasteiger partial charge in [-0.3, -0.25) is 9.59 Å². The highest BCUT2D eigenvalue weighted by Gasteiger charge is 2.51. The smallest absolute Gasteiger partial charge is 0.243 e. The predicted molar refractivity (Wildman–Crippen MR) is 49.1 cm³/mol. The third kappa shape index (κ3) is 0.880. The molecule has 2 amide bonds. The number of nitrogens with one attached hydrogen (secondary N) is 2. The molecule has 3 rings (SSSR count). The van der Waals surface area contributed by atoms with Gasteiger partial charge in [0.2, 0.25) is 11.8 Å². The van der Waals surface area contributed by atoms with Gasteiger partial charge in [0.05, 0.1) is 0 Å². The highest BCUT2D eigenvalue weighted by atomic mass is 16.2. The lowest BCUT2D eigenvalue weighted by Gasteiger charge is -2.52. The van der Waals surface area contributed by atoms with Crippen molar-refractivity contribution in [3.05, 3.63) is 24.3 Å². The first kappa shape index (κ1) is 7.79. The molecule has 2 aliphatic heterocycles. The Labute approximate surface area is 81.0 Å². The summed E-state index contributed by atoms with van der Waals surface area (Å²) < 4.78 is 0. The first-order valence-electron chi connectivity index (χ1n) is 4.73. The molecule has 0 aromatic heterocycles. The summed E-state index contributed by atoms with van der Waals surface area (Å²) in [6, 6.07) is 0.351. The molecule has 3 aliphatic rings.